The Morgan fingerprint density at radius 1 is 1.38 bits per heavy atom. The third kappa shape index (κ3) is 2.44. The zero-order valence-electron chi connectivity index (χ0n) is 10.7. The van der Waals surface area contributed by atoms with Crippen molar-refractivity contribution in [3.8, 4) is 0 Å². The molecule has 2 heterocycles. The molecule has 1 fully saturated rings. The largest absolute Gasteiger partial charge is 0.309 e. The number of piperazine rings is 1. The predicted octanol–water partition coefficient (Wildman–Crippen LogP) is 0.911. The van der Waals surface area contributed by atoms with Crippen molar-refractivity contribution in [2.45, 2.75) is 39.4 Å². The first-order chi connectivity index (χ1) is 7.56. The number of hydrogen-bond acceptors (Lipinski definition) is 3. The second-order valence-electron chi connectivity index (χ2n) is 5.04. The minimum absolute atomic E-state index is 0.584. The van der Waals surface area contributed by atoms with Gasteiger partial charge >= 0.3 is 0 Å². The van der Waals surface area contributed by atoms with Gasteiger partial charge < -0.3 is 5.32 Å². The van der Waals surface area contributed by atoms with Crippen LogP contribution in [0, 0.1) is 6.92 Å². The standard InChI is InChI=1S/C12H22N4/c1-9-6-16(7-10(2)14-9)8-12-5-13-15(4)11(12)3/h5,9-10,14H,6-8H2,1-4H3. The molecule has 2 unspecified atom stereocenters. The molecule has 1 aromatic heterocycles. The fraction of sp³-hybridized carbons (Fsp3) is 0.750. The zero-order chi connectivity index (χ0) is 11.7. The maximum absolute atomic E-state index is 4.29. The van der Waals surface area contributed by atoms with Crippen molar-refractivity contribution in [2.24, 2.45) is 7.05 Å². The Morgan fingerprint density at radius 3 is 2.50 bits per heavy atom. The van der Waals surface area contributed by atoms with E-state index in [0.29, 0.717) is 12.1 Å². The van der Waals surface area contributed by atoms with Gasteiger partial charge in [0, 0.05) is 50.0 Å². The molecule has 0 spiro atoms. The van der Waals surface area contributed by atoms with Crippen LogP contribution in [0.4, 0.5) is 0 Å². The maximum Gasteiger partial charge on any atom is 0.0537 e. The third-order valence-electron chi connectivity index (χ3n) is 3.36. The number of aromatic nitrogens is 2. The maximum atomic E-state index is 4.29. The van der Waals surface area contributed by atoms with Crippen LogP contribution in [-0.2, 0) is 13.6 Å². The molecule has 1 aromatic rings. The van der Waals surface area contributed by atoms with Crippen molar-refractivity contribution in [1.29, 1.82) is 0 Å². The fourth-order valence-corrected chi connectivity index (χ4v) is 2.51. The molecule has 0 saturated carbocycles. The van der Waals surface area contributed by atoms with Gasteiger partial charge in [-0.15, -0.1) is 0 Å². The molecule has 4 nitrogen and oxygen atoms in total. The second-order valence-corrected chi connectivity index (χ2v) is 5.04. The SMILES string of the molecule is Cc1c(CN2CC(C)NC(C)C2)cnn1C. The summed E-state index contributed by atoms with van der Waals surface area (Å²) >= 11 is 0. The van der Waals surface area contributed by atoms with Crippen molar-refractivity contribution >= 4 is 0 Å². The molecule has 1 saturated heterocycles. The second kappa shape index (κ2) is 4.55. The van der Waals surface area contributed by atoms with E-state index in [1.807, 2.05) is 17.9 Å². The smallest absolute Gasteiger partial charge is 0.0537 e. The lowest BCUT2D eigenvalue weighted by atomic mass is 10.1. The Bertz CT molecular complexity index is 348. The Balaban J connectivity index is 2.01. The number of nitrogens with zero attached hydrogens (tertiary/aromatic N) is 3. The van der Waals surface area contributed by atoms with Gasteiger partial charge in [-0.25, -0.2) is 0 Å². The van der Waals surface area contributed by atoms with Crippen molar-refractivity contribution in [3.05, 3.63) is 17.5 Å². The van der Waals surface area contributed by atoms with E-state index in [0.717, 1.165) is 19.6 Å². The molecule has 0 radical (unpaired) electrons. The normalized spacial score (nSPS) is 27.2. The van der Waals surface area contributed by atoms with Crippen LogP contribution in [0.1, 0.15) is 25.1 Å². The summed E-state index contributed by atoms with van der Waals surface area (Å²) < 4.78 is 1.95. The van der Waals surface area contributed by atoms with Gasteiger partial charge in [0.15, 0.2) is 0 Å². The van der Waals surface area contributed by atoms with E-state index in [-0.39, 0.29) is 0 Å². The molecule has 1 N–H and O–H groups in total. The summed E-state index contributed by atoms with van der Waals surface area (Å²) in [6.07, 6.45) is 1.99. The van der Waals surface area contributed by atoms with Crippen molar-refractivity contribution in [1.82, 2.24) is 20.0 Å². The zero-order valence-corrected chi connectivity index (χ0v) is 10.7. The number of aryl methyl sites for hydroxylation is 1. The Kier molecular flexibility index (Phi) is 3.30. The summed E-state index contributed by atoms with van der Waals surface area (Å²) in [5.74, 6) is 0. The number of nitrogens with one attached hydrogen (secondary N) is 1. The lowest BCUT2D eigenvalue weighted by molar-refractivity contribution is 0.166. The van der Waals surface area contributed by atoms with Crippen LogP contribution in [0.5, 0.6) is 0 Å². The van der Waals surface area contributed by atoms with Gasteiger partial charge in [-0.1, -0.05) is 0 Å². The van der Waals surface area contributed by atoms with Gasteiger partial charge in [-0.2, -0.15) is 5.10 Å². The van der Waals surface area contributed by atoms with Gasteiger partial charge in [0.25, 0.3) is 0 Å². The Morgan fingerprint density at radius 2 is 2.00 bits per heavy atom. The molecule has 16 heavy (non-hydrogen) atoms. The van der Waals surface area contributed by atoms with E-state index < -0.39 is 0 Å². The fourth-order valence-electron chi connectivity index (χ4n) is 2.51. The molecule has 2 atom stereocenters. The summed E-state index contributed by atoms with van der Waals surface area (Å²) in [6, 6.07) is 1.17. The van der Waals surface area contributed by atoms with Crippen LogP contribution in [0.15, 0.2) is 6.20 Å². The van der Waals surface area contributed by atoms with E-state index in [1.54, 1.807) is 0 Å². The average molecular weight is 222 g/mol. The minimum Gasteiger partial charge on any atom is -0.309 e. The first-order valence-electron chi connectivity index (χ1n) is 6.02. The first kappa shape index (κ1) is 11.6. The summed E-state index contributed by atoms with van der Waals surface area (Å²) in [6.45, 7) is 9.91. The highest BCUT2D eigenvalue weighted by Gasteiger charge is 2.21. The van der Waals surface area contributed by atoms with Crippen LogP contribution < -0.4 is 5.32 Å². The van der Waals surface area contributed by atoms with Gasteiger partial charge in [-0.3, -0.25) is 9.58 Å². The monoisotopic (exact) mass is 222 g/mol. The Labute approximate surface area is 97.6 Å². The van der Waals surface area contributed by atoms with E-state index in [9.17, 15) is 0 Å². The lowest BCUT2D eigenvalue weighted by Gasteiger charge is -2.36. The number of rotatable bonds is 2. The third-order valence-corrected chi connectivity index (χ3v) is 3.36. The van der Waals surface area contributed by atoms with Crippen LogP contribution in [0.25, 0.3) is 0 Å². The van der Waals surface area contributed by atoms with E-state index in [2.05, 4.69) is 36.1 Å². The Hall–Kier alpha value is -0.870. The van der Waals surface area contributed by atoms with Crippen LogP contribution >= 0.6 is 0 Å². The molecule has 1 aliphatic rings. The summed E-state index contributed by atoms with van der Waals surface area (Å²) in [7, 11) is 2.00. The first-order valence-corrected chi connectivity index (χ1v) is 6.02. The molecule has 1 aliphatic heterocycles. The summed E-state index contributed by atoms with van der Waals surface area (Å²) in [5, 5.41) is 7.85. The highest BCUT2D eigenvalue weighted by Crippen LogP contribution is 2.12. The van der Waals surface area contributed by atoms with Crippen LogP contribution in [0.2, 0.25) is 0 Å². The van der Waals surface area contributed by atoms with Crippen molar-refractivity contribution in [3.63, 3.8) is 0 Å². The quantitative estimate of drug-likeness (QED) is 0.807. The molecular weight excluding hydrogens is 200 g/mol. The van der Waals surface area contributed by atoms with E-state index in [4.69, 9.17) is 0 Å². The molecule has 0 aromatic carbocycles. The lowest BCUT2D eigenvalue weighted by Crippen LogP contribution is -2.53. The highest BCUT2D eigenvalue weighted by atomic mass is 15.3. The molecular formula is C12H22N4. The topological polar surface area (TPSA) is 33.1 Å². The van der Waals surface area contributed by atoms with Gasteiger partial charge in [0.05, 0.1) is 6.20 Å². The molecule has 2 rings (SSSR count). The van der Waals surface area contributed by atoms with Crippen LogP contribution in [-0.4, -0.2) is 39.9 Å². The molecule has 4 heteroatoms. The number of hydrogen-bond donors (Lipinski definition) is 1. The molecule has 0 amide bonds. The molecule has 0 aliphatic carbocycles. The van der Waals surface area contributed by atoms with Crippen molar-refractivity contribution in [2.75, 3.05) is 13.1 Å². The minimum atomic E-state index is 0.584. The molecule has 90 valence electrons. The highest BCUT2D eigenvalue weighted by molar-refractivity contribution is 5.15. The summed E-state index contributed by atoms with van der Waals surface area (Å²) in [4.78, 5) is 2.51. The van der Waals surface area contributed by atoms with Crippen LogP contribution in [0.3, 0.4) is 0 Å². The van der Waals surface area contributed by atoms with E-state index in [1.165, 1.54) is 11.3 Å². The van der Waals surface area contributed by atoms with Gasteiger partial charge in [-0.05, 0) is 20.8 Å². The summed E-state index contributed by atoms with van der Waals surface area (Å²) in [5.41, 5.74) is 2.63. The average Bonchev–Trinajstić information content (AvgIpc) is 2.48. The van der Waals surface area contributed by atoms with Gasteiger partial charge in [0.2, 0.25) is 0 Å². The van der Waals surface area contributed by atoms with E-state index >= 15 is 0 Å². The predicted molar refractivity (Wildman–Crippen MR) is 65.3 cm³/mol. The van der Waals surface area contributed by atoms with Gasteiger partial charge in [0.1, 0.15) is 0 Å². The van der Waals surface area contributed by atoms with Crippen molar-refractivity contribution < 1.29 is 0 Å². The molecule has 0 bridgehead atoms.